The third-order valence-electron chi connectivity index (χ3n) is 2.42. The van der Waals surface area contributed by atoms with Crippen LogP contribution in [-0.2, 0) is 4.79 Å². The summed E-state index contributed by atoms with van der Waals surface area (Å²) >= 11 is 1.67. The van der Waals surface area contributed by atoms with Crippen molar-refractivity contribution in [2.24, 2.45) is 11.7 Å². The van der Waals surface area contributed by atoms with Crippen molar-refractivity contribution in [1.82, 2.24) is 0 Å². The van der Waals surface area contributed by atoms with Gasteiger partial charge < -0.3 is 11.1 Å². The molecule has 18 heavy (non-hydrogen) atoms. The lowest BCUT2D eigenvalue weighted by atomic mass is 10.0. The van der Waals surface area contributed by atoms with E-state index in [4.69, 9.17) is 5.73 Å². The molecule has 3 nitrogen and oxygen atoms in total. The van der Waals surface area contributed by atoms with E-state index in [1.165, 1.54) is 4.90 Å². The maximum atomic E-state index is 11.8. The fourth-order valence-corrected chi connectivity index (χ4v) is 1.93. The van der Waals surface area contributed by atoms with E-state index in [1.807, 2.05) is 30.5 Å². The van der Waals surface area contributed by atoms with Gasteiger partial charge in [-0.3, -0.25) is 4.79 Å². The van der Waals surface area contributed by atoms with E-state index in [1.54, 1.807) is 11.8 Å². The maximum Gasteiger partial charge on any atom is 0.241 e. The van der Waals surface area contributed by atoms with Crippen molar-refractivity contribution in [3.8, 4) is 0 Å². The Morgan fingerprint density at radius 3 is 2.33 bits per heavy atom. The number of carbonyl (C=O) groups excluding carboxylic acids is 1. The van der Waals surface area contributed by atoms with Crippen LogP contribution in [-0.4, -0.2) is 18.2 Å². The van der Waals surface area contributed by atoms with Crippen LogP contribution in [0.15, 0.2) is 29.2 Å². The largest absolute Gasteiger partial charge is 0.325 e. The van der Waals surface area contributed by atoms with Crippen molar-refractivity contribution < 1.29 is 4.79 Å². The van der Waals surface area contributed by atoms with Gasteiger partial charge >= 0.3 is 0 Å². The normalized spacial score (nSPS) is 11.8. The van der Waals surface area contributed by atoms with E-state index >= 15 is 0 Å². The predicted octanol–water partition coefficient (Wildman–Crippen LogP) is 3.14. The number of amides is 1. The Morgan fingerprint density at radius 2 is 1.89 bits per heavy atom. The first-order valence-electron chi connectivity index (χ1n) is 5.73. The smallest absolute Gasteiger partial charge is 0.241 e. The van der Waals surface area contributed by atoms with E-state index in [2.05, 4.69) is 19.2 Å². The van der Waals surface area contributed by atoms with Crippen molar-refractivity contribution in [2.75, 3.05) is 11.6 Å². The number of carbonyl (C=O) groups is 1. The number of hydrogen-bond acceptors (Lipinski definition) is 3. The molecule has 0 aromatic heterocycles. The Morgan fingerprint density at radius 1 is 1.33 bits per heavy atom. The molecule has 0 saturated heterocycles. The van der Waals surface area contributed by atoms with Gasteiger partial charge in [-0.15, -0.1) is 24.2 Å². The lowest BCUT2D eigenvalue weighted by Gasteiger charge is -2.14. The molecule has 0 saturated carbocycles. The van der Waals surface area contributed by atoms with Crippen molar-refractivity contribution in [3.63, 3.8) is 0 Å². The molecule has 5 heteroatoms. The first kappa shape index (κ1) is 17.3. The fraction of sp³-hybridized carbons (Fsp3) is 0.462. The molecular weight excluding hydrogens is 268 g/mol. The van der Waals surface area contributed by atoms with Gasteiger partial charge in [-0.2, -0.15) is 0 Å². The van der Waals surface area contributed by atoms with E-state index in [9.17, 15) is 4.79 Å². The van der Waals surface area contributed by atoms with Crippen molar-refractivity contribution >= 4 is 35.8 Å². The molecular formula is C13H21ClN2OS. The quantitative estimate of drug-likeness (QED) is 0.819. The highest BCUT2D eigenvalue weighted by Crippen LogP contribution is 2.17. The van der Waals surface area contributed by atoms with Crippen LogP contribution in [0.2, 0.25) is 0 Å². The second kappa shape index (κ2) is 8.40. The molecule has 0 unspecified atom stereocenters. The topological polar surface area (TPSA) is 55.1 Å². The number of nitrogens with one attached hydrogen (secondary N) is 1. The predicted molar refractivity (Wildman–Crippen MR) is 81.5 cm³/mol. The molecule has 0 aliphatic heterocycles. The zero-order valence-corrected chi connectivity index (χ0v) is 12.6. The average molecular weight is 289 g/mol. The second-order valence-electron chi connectivity index (χ2n) is 4.45. The Hall–Kier alpha value is -0.710. The van der Waals surface area contributed by atoms with Crippen LogP contribution in [0, 0.1) is 5.92 Å². The summed E-state index contributed by atoms with van der Waals surface area (Å²) in [5.74, 6) is 0.310. The van der Waals surface area contributed by atoms with Crippen LogP contribution in [0.25, 0.3) is 0 Å². The zero-order valence-electron chi connectivity index (χ0n) is 11.0. The molecule has 1 aromatic rings. The molecule has 102 valence electrons. The molecule has 0 heterocycles. The Labute approximate surface area is 119 Å². The standard InChI is InChI=1S/C13H20N2OS.ClH/c1-9(2)8-12(14)13(16)15-10-4-6-11(17-3)7-5-10;/h4-7,9,12H,8,14H2,1-3H3,(H,15,16);1H/t12-;/m0./s1. The molecule has 1 aromatic carbocycles. The van der Waals surface area contributed by atoms with Gasteiger partial charge in [0.1, 0.15) is 0 Å². The first-order valence-corrected chi connectivity index (χ1v) is 6.96. The molecule has 0 bridgehead atoms. The Balaban J connectivity index is 0.00000289. The number of benzene rings is 1. The maximum absolute atomic E-state index is 11.8. The minimum Gasteiger partial charge on any atom is -0.325 e. The summed E-state index contributed by atoms with van der Waals surface area (Å²) in [5, 5.41) is 2.83. The molecule has 0 aliphatic rings. The van der Waals surface area contributed by atoms with Gasteiger partial charge in [0.2, 0.25) is 5.91 Å². The molecule has 1 amide bonds. The molecule has 0 aliphatic carbocycles. The third kappa shape index (κ3) is 5.76. The lowest BCUT2D eigenvalue weighted by Crippen LogP contribution is -2.36. The Bertz CT molecular complexity index is 368. The molecule has 0 fully saturated rings. The van der Waals surface area contributed by atoms with Crippen LogP contribution in [0.1, 0.15) is 20.3 Å². The Kier molecular flexibility index (Phi) is 8.07. The van der Waals surface area contributed by atoms with Crippen LogP contribution in [0.5, 0.6) is 0 Å². The van der Waals surface area contributed by atoms with Crippen LogP contribution >= 0.6 is 24.2 Å². The second-order valence-corrected chi connectivity index (χ2v) is 5.33. The molecule has 1 rings (SSSR count). The number of thioether (sulfide) groups is 1. The zero-order chi connectivity index (χ0) is 12.8. The van der Waals surface area contributed by atoms with Crippen molar-refractivity contribution in [1.29, 1.82) is 0 Å². The highest BCUT2D eigenvalue weighted by Gasteiger charge is 2.14. The summed E-state index contributed by atoms with van der Waals surface area (Å²) in [5.41, 5.74) is 6.60. The summed E-state index contributed by atoms with van der Waals surface area (Å²) in [4.78, 5) is 12.9. The van der Waals surface area contributed by atoms with Crippen LogP contribution in [0.3, 0.4) is 0 Å². The van der Waals surface area contributed by atoms with Crippen LogP contribution in [0.4, 0.5) is 5.69 Å². The summed E-state index contributed by atoms with van der Waals surface area (Å²) < 4.78 is 0. The van der Waals surface area contributed by atoms with E-state index in [-0.39, 0.29) is 18.3 Å². The summed E-state index contributed by atoms with van der Waals surface area (Å²) in [6.45, 7) is 4.11. The highest BCUT2D eigenvalue weighted by molar-refractivity contribution is 7.98. The van der Waals surface area contributed by atoms with Gasteiger partial charge in [0.05, 0.1) is 6.04 Å². The molecule has 3 N–H and O–H groups in total. The average Bonchev–Trinajstić information content (AvgIpc) is 2.29. The number of rotatable bonds is 5. The molecule has 0 radical (unpaired) electrons. The van der Waals surface area contributed by atoms with Crippen molar-refractivity contribution in [3.05, 3.63) is 24.3 Å². The van der Waals surface area contributed by atoms with E-state index < -0.39 is 6.04 Å². The molecule has 1 atom stereocenters. The number of anilines is 1. The SMILES string of the molecule is CSc1ccc(NC(=O)[C@@H](N)CC(C)C)cc1.Cl. The first-order chi connectivity index (χ1) is 8.02. The number of halogens is 1. The van der Waals surface area contributed by atoms with Crippen molar-refractivity contribution in [2.45, 2.75) is 31.2 Å². The lowest BCUT2D eigenvalue weighted by molar-refractivity contribution is -0.117. The summed E-state index contributed by atoms with van der Waals surface area (Å²) in [6, 6.07) is 7.32. The minimum absolute atomic E-state index is 0. The monoisotopic (exact) mass is 288 g/mol. The van der Waals surface area contributed by atoms with Gasteiger partial charge in [0, 0.05) is 10.6 Å². The minimum atomic E-state index is -0.435. The number of hydrogen-bond donors (Lipinski definition) is 2. The fourth-order valence-electron chi connectivity index (χ4n) is 1.52. The van der Waals surface area contributed by atoms with E-state index in [0.29, 0.717) is 12.3 Å². The van der Waals surface area contributed by atoms with Gasteiger partial charge in [0.25, 0.3) is 0 Å². The van der Waals surface area contributed by atoms with Gasteiger partial charge in [0.15, 0.2) is 0 Å². The summed E-state index contributed by atoms with van der Waals surface area (Å²) in [7, 11) is 0. The summed E-state index contributed by atoms with van der Waals surface area (Å²) in [6.07, 6.45) is 2.72. The van der Waals surface area contributed by atoms with Gasteiger partial charge in [-0.05, 0) is 42.9 Å². The molecule has 0 spiro atoms. The number of nitrogens with two attached hydrogens (primary N) is 1. The third-order valence-corrected chi connectivity index (χ3v) is 3.16. The van der Waals surface area contributed by atoms with Gasteiger partial charge in [-0.25, -0.2) is 0 Å². The van der Waals surface area contributed by atoms with Crippen LogP contribution < -0.4 is 11.1 Å². The van der Waals surface area contributed by atoms with Gasteiger partial charge in [-0.1, -0.05) is 13.8 Å². The van der Waals surface area contributed by atoms with E-state index in [0.717, 1.165) is 5.69 Å². The highest BCUT2D eigenvalue weighted by atomic mass is 35.5.